The number of hydrogen-bond acceptors (Lipinski definition) is 1. The van der Waals surface area contributed by atoms with E-state index in [1.54, 1.807) is 0 Å². The third-order valence-corrected chi connectivity index (χ3v) is 1.90. The standard InChI is InChI=1S/C10H21NO/c1-5-6-7-9(4)11-10(12)8(2)3/h8-9H,5-7H2,1-4H3,(H,11,12). The summed E-state index contributed by atoms with van der Waals surface area (Å²) in [6, 6.07) is 0.333. The van der Waals surface area contributed by atoms with Gasteiger partial charge in [0.25, 0.3) is 0 Å². The van der Waals surface area contributed by atoms with E-state index in [2.05, 4.69) is 19.2 Å². The molecule has 0 rings (SSSR count). The van der Waals surface area contributed by atoms with Gasteiger partial charge in [0.1, 0.15) is 0 Å². The molecule has 0 aliphatic heterocycles. The van der Waals surface area contributed by atoms with Gasteiger partial charge in [0.05, 0.1) is 0 Å². The van der Waals surface area contributed by atoms with Crippen molar-refractivity contribution in [3.63, 3.8) is 0 Å². The summed E-state index contributed by atoms with van der Waals surface area (Å²) in [4.78, 5) is 11.2. The Bertz CT molecular complexity index is 132. The Hall–Kier alpha value is -0.530. The van der Waals surface area contributed by atoms with Crippen LogP contribution in [0.3, 0.4) is 0 Å². The molecule has 0 aromatic heterocycles. The van der Waals surface area contributed by atoms with Gasteiger partial charge in [-0.15, -0.1) is 0 Å². The molecule has 0 aliphatic carbocycles. The molecular formula is C10H21NO. The molecule has 2 heteroatoms. The van der Waals surface area contributed by atoms with Gasteiger partial charge in [-0.05, 0) is 13.3 Å². The van der Waals surface area contributed by atoms with Crippen molar-refractivity contribution in [1.82, 2.24) is 5.32 Å². The number of unbranched alkanes of at least 4 members (excludes halogenated alkanes) is 1. The highest BCUT2D eigenvalue weighted by atomic mass is 16.1. The SMILES string of the molecule is CCCCC(C)NC(=O)C(C)C. The van der Waals surface area contributed by atoms with Crippen molar-refractivity contribution in [2.75, 3.05) is 0 Å². The van der Waals surface area contributed by atoms with Crippen molar-refractivity contribution in [2.24, 2.45) is 5.92 Å². The number of carbonyl (C=O) groups excluding carboxylic acids is 1. The highest BCUT2D eigenvalue weighted by Crippen LogP contribution is 2.01. The average Bonchev–Trinajstić information content (AvgIpc) is 2.00. The number of nitrogens with one attached hydrogen (secondary N) is 1. The van der Waals surface area contributed by atoms with Crippen LogP contribution in [0, 0.1) is 5.92 Å². The molecule has 0 spiro atoms. The highest BCUT2D eigenvalue weighted by Gasteiger charge is 2.09. The van der Waals surface area contributed by atoms with Gasteiger partial charge in [-0.2, -0.15) is 0 Å². The van der Waals surface area contributed by atoms with Crippen LogP contribution in [0.4, 0.5) is 0 Å². The Morgan fingerprint density at radius 3 is 2.33 bits per heavy atom. The zero-order valence-corrected chi connectivity index (χ0v) is 8.68. The van der Waals surface area contributed by atoms with E-state index >= 15 is 0 Å². The maximum atomic E-state index is 11.2. The molecule has 0 aliphatic rings. The Morgan fingerprint density at radius 1 is 1.33 bits per heavy atom. The van der Waals surface area contributed by atoms with Gasteiger partial charge < -0.3 is 5.32 Å². The molecule has 0 saturated carbocycles. The van der Waals surface area contributed by atoms with E-state index in [-0.39, 0.29) is 11.8 Å². The molecule has 1 amide bonds. The quantitative estimate of drug-likeness (QED) is 0.676. The summed E-state index contributed by atoms with van der Waals surface area (Å²) in [6.07, 6.45) is 3.48. The van der Waals surface area contributed by atoms with E-state index in [0.29, 0.717) is 6.04 Å². The highest BCUT2D eigenvalue weighted by molar-refractivity contribution is 5.78. The number of rotatable bonds is 5. The summed E-state index contributed by atoms with van der Waals surface area (Å²) in [5.74, 6) is 0.271. The normalized spacial score (nSPS) is 13.1. The van der Waals surface area contributed by atoms with Gasteiger partial charge in [-0.1, -0.05) is 33.6 Å². The number of hydrogen-bond donors (Lipinski definition) is 1. The van der Waals surface area contributed by atoms with Crippen molar-refractivity contribution in [1.29, 1.82) is 0 Å². The van der Waals surface area contributed by atoms with Gasteiger partial charge in [-0.25, -0.2) is 0 Å². The second-order valence-electron chi connectivity index (χ2n) is 3.71. The molecule has 2 nitrogen and oxygen atoms in total. The fourth-order valence-corrected chi connectivity index (χ4v) is 0.992. The second kappa shape index (κ2) is 6.04. The molecule has 0 aromatic carbocycles. The van der Waals surface area contributed by atoms with Gasteiger partial charge in [0, 0.05) is 12.0 Å². The topological polar surface area (TPSA) is 29.1 Å². The van der Waals surface area contributed by atoms with Crippen LogP contribution in [0.15, 0.2) is 0 Å². The van der Waals surface area contributed by atoms with Crippen LogP contribution in [0.2, 0.25) is 0 Å². The summed E-state index contributed by atoms with van der Waals surface area (Å²) in [6.45, 7) is 8.07. The van der Waals surface area contributed by atoms with Crippen LogP contribution < -0.4 is 5.32 Å². The lowest BCUT2D eigenvalue weighted by molar-refractivity contribution is -0.124. The first kappa shape index (κ1) is 11.5. The van der Waals surface area contributed by atoms with Crippen molar-refractivity contribution >= 4 is 5.91 Å². The molecule has 72 valence electrons. The van der Waals surface area contributed by atoms with Crippen LogP contribution in [0.1, 0.15) is 47.0 Å². The average molecular weight is 171 g/mol. The molecule has 0 heterocycles. The number of amides is 1. The minimum absolute atomic E-state index is 0.106. The van der Waals surface area contributed by atoms with Crippen LogP contribution in [-0.4, -0.2) is 11.9 Å². The molecule has 0 fully saturated rings. The van der Waals surface area contributed by atoms with E-state index in [1.165, 1.54) is 12.8 Å². The molecular weight excluding hydrogens is 150 g/mol. The summed E-state index contributed by atoms with van der Waals surface area (Å²) in [5.41, 5.74) is 0. The maximum Gasteiger partial charge on any atom is 0.222 e. The summed E-state index contributed by atoms with van der Waals surface area (Å²) in [7, 11) is 0. The van der Waals surface area contributed by atoms with Crippen molar-refractivity contribution < 1.29 is 4.79 Å². The molecule has 12 heavy (non-hydrogen) atoms. The van der Waals surface area contributed by atoms with E-state index in [4.69, 9.17) is 0 Å². The molecule has 0 saturated heterocycles. The predicted octanol–water partition coefficient (Wildman–Crippen LogP) is 2.34. The lowest BCUT2D eigenvalue weighted by Gasteiger charge is -2.14. The Balaban J connectivity index is 3.54. The Kier molecular flexibility index (Phi) is 5.77. The second-order valence-corrected chi connectivity index (χ2v) is 3.71. The smallest absolute Gasteiger partial charge is 0.222 e. The van der Waals surface area contributed by atoms with Crippen LogP contribution in [-0.2, 0) is 4.79 Å². The number of carbonyl (C=O) groups is 1. The first-order chi connectivity index (χ1) is 5.57. The maximum absolute atomic E-state index is 11.2. The zero-order valence-electron chi connectivity index (χ0n) is 8.68. The molecule has 0 bridgehead atoms. The first-order valence-electron chi connectivity index (χ1n) is 4.88. The van der Waals surface area contributed by atoms with Crippen LogP contribution >= 0.6 is 0 Å². The fraction of sp³-hybridized carbons (Fsp3) is 0.900. The van der Waals surface area contributed by atoms with Gasteiger partial charge >= 0.3 is 0 Å². The lowest BCUT2D eigenvalue weighted by Crippen LogP contribution is -2.35. The molecule has 0 aromatic rings. The third kappa shape index (κ3) is 5.16. The molecule has 1 unspecified atom stereocenters. The molecule has 1 N–H and O–H groups in total. The minimum atomic E-state index is 0.106. The van der Waals surface area contributed by atoms with Gasteiger partial charge in [0.2, 0.25) is 5.91 Å². The van der Waals surface area contributed by atoms with Crippen LogP contribution in [0.5, 0.6) is 0 Å². The van der Waals surface area contributed by atoms with Crippen molar-refractivity contribution in [3.8, 4) is 0 Å². The summed E-state index contributed by atoms with van der Waals surface area (Å²) in [5, 5.41) is 2.98. The molecule has 1 atom stereocenters. The van der Waals surface area contributed by atoms with E-state index in [1.807, 2.05) is 13.8 Å². The lowest BCUT2D eigenvalue weighted by atomic mass is 10.1. The first-order valence-corrected chi connectivity index (χ1v) is 4.88. The van der Waals surface area contributed by atoms with Gasteiger partial charge in [0.15, 0.2) is 0 Å². The fourth-order valence-electron chi connectivity index (χ4n) is 0.992. The predicted molar refractivity (Wildman–Crippen MR) is 52.0 cm³/mol. The van der Waals surface area contributed by atoms with Crippen molar-refractivity contribution in [2.45, 2.75) is 53.0 Å². The van der Waals surface area contributed by atoms with Gasteiger partial charge in [-0.3, -0.25) is 4.79 Å². The van der Waals surface area contributed by atoms with Crippen LogP contribution in [0.25, 0.3) is 0 Å². The van der Waals surface area contributed by atoms with Crippen molar-refractivity contribution in [3.05, 3.63) is 0 Å². The molecule has 0 radical (unpaired) electrons. The summed E-state index contributed by atoms with van der Waals surface area (Å²) >= 11 is 0. The monoisotopic (exact) mass is 171 g/mol. The third-order valence-electron chi connectivity index (χ3n) is 1.90. The zero-order chi connectivity index (χ0) is 9.56. The Labute approximate surface area is 75.7 Å². The Morgan fingerprint density at radius 2 is 1.92 bits per heavy atom. The van der Waals surface area contributed by atoms with E-state index < -0.39 is 0 Å². The minimum Gasteiger partial charge on any atom is -0.353 e. The summed E-state index contributed by atoms with van der Waals surface area (Å²) < 4.78 is 0. The largest absolute Gasteiger partial charge is 0.353 e. The van der Waals surface area contributed by atoms with E-state index in [9.17, 15) is 4.79 Å². The van der Waals surface area contributed by atoms with E-state index in [0.717, 1.165) is 6.42 Å².